The molecule has 0 bridgehead atoms. The second kappa shape index (κ2) is 13.2. The first-order chi connectivity index (χ1) is 19.6. The molecule has 1 atom stereocenters. The Morgan fingerprint density at radius 3 is 2.17 bits per heavy atom. The van der Waals surface area contributed by atoms with E-state index >= 15 is 0 Å². The summed E-state index contributed by atoms with van der Waals surface area (Å²) in [5, 5.41) is 3.03. The number of aryl methyl sites for hydroxylation is 1. The third-order valence-electron chi connectivity index (χ3n) is 7.38. The maximum absolute atomic E-state index is 14.0. The number of rotatable bonds is 11. The molecule has 0 aromatic heterocycles. The third kappa shape index (κ3) is 7.43. The van der Waals surface area contributed by atoms with Crippen molar-refractivity contribution < 1.29 is 27.1 Å². The van der Waals surface area contributed by atoms with Crippen LogP contribution in [0.15, 0.2) is 77.7 Å². The highest BCUT2D eigenvalue weighted by Crippen LogP contribution is 2.26. The van der Waals surface area contributed by atoms with Crippen molar-refractivity contribution in [2.75, 3.05) is 18.0 Å². The fraction of sp³-hybridized carbons (Fsp3) is 0.355. The molecule has 218 valence electrons. The van der Waals surface area contributed by atoms with Gasteiger partial charge in [0, 0.05) is 12.6 Å². The van der Waals surface area contributed by atoms with Gasteiger partial charge in [0.1, 0.15) is 24.2 Å². The number of sulfonamides is 1. The molecule has 1 N–H and O–H groups in total. The Balaban J connectivity index is 1.67. The van der Waals surface area contributed by atoms with E-state index in [0.29, 0.717) is 17.0 Å². The summed E-state index contributed by atoms with van der Waals surface area (Å²) in [6.45, 7) is 2.97. The van der Waals surface area contributed by atoms with Crippen LogP contribution in [0.2, 0.25) is 0 Å². The highest BCUT2D eigenvalue weighted by atomic mass is 32.2. The number of hydrogen-bond acceptors (Lipinski definition) is 5. The lowest BCUT2D eigenvalue weighted by atomic mass is 10.1. The van der Waals surface area contributed by atoms with Crippen molar-refractivity contribution >= 4 is 27.5 Å². The first-order valence-electron chi connectivity index (χ1n) is 13.7. The van der Waals surface area contributed by atoms with Gasteiger partial charge in [-0.1, -0.05) is 42.7 Å². The number of nitrogens with zero attached hydrogens (tertiary/aromatic N) is 2. The predicted octanol–water partition coefficient (Wildman–Crippen LogP) is 4.81. The Morgan fingerprint density at radius 1 is 0.976 bits per heavy atom. The number of carbonyl (C=O) groups excluding carboxylic acids is 2. The van der Waals surface area contributed by atoms with E-state index in [0.717, 1.165) is 35.6 Å². The molecule has 3 aromatic carbocycles. The molecule has 1 saturated carbocycles. The molecule has 0 saturated heterocycles. The lowest BCUT2D eigenvalue weighted by molar-refractivity contribution is -0.139. The third-order valence-corrected chi connectivity index (χ3v) is 9.17. The monoisotopic (exact) mass is 581 g/mol. The molecule has 0 spiro atoms. The van der Waals surface area contributed by atoms with E-state index in [1.165, 1.54) is 48.4 Å². The van der Waals surface area contributed by atoms with Crippen LogP contribution < -0.4 is 14.4 Å². The van der Waals surface area contributed by atoms with E-state index < -0.39 is 34.3 Å². The normalized spacial score (nSPS) is 14.3. The van der Waals surface area contributed by atoms with Crippen molar-refractivity contribution in [3.63, 3.8) is 0 Å². The van der Waals surface area contributed by atoms with Gasteiger partial charge in [0.05, 0.1) is 17.7 Å². The summed E-state index contributed by atoms with van der Waals surface area (Å²) in [6, 6.07) is 17.6. The van der Waals surface area contributed by atoms with Crippen LogP contribution in [-0.2, 0) is 26.2 Å². The van der Waals surface area contributed by atoms with Crippen LogP contribution in [-0.4, -0.2) is 50.9 Å². The molecule has 41 heavy (non-hydrogen) atoms. The van der Waals surface area contributed by atoms with Crippen molar-refractivity contribution in [2.45, 2.75) is 63.1 Å². The van der Waals surface area contributed by atoms with Gasteiger partial charge in [-0.3, -0.25) is 13.9 Å². The van der Waals surface area contributed by atoms with Gasteiger partial charge in [-0.05, 0) is 80.8 Å². The van der Waals surface area contributed by atoms with Crippen molar-refractivity contribution in [3.05, 3.63) is 89.7 Å². The Bertz CT molecular complexity index is 1440. The predicted molar refractivity (Wildman–Crippen MR) is 156 cm³/mol. The topological polar surface area (TPSA) is 96.0 Å². The van der Waals surface area contributed by atoms with Crippen molar-refractivity contribution in [1.29, 1.82) is 0 Å². The van der Waals surface area contributed by atoms with Gasteiger partial charge in [-0.25, -0.2) is 12.8 Å². The quantitative estimate of drug-likeness (QED) is 0.351. The number of carbonyl (C=O) groups is 2. The number of methoxy groups -OCH3 is 1. The molecule has 0 aliphatic heterocycles. The van der Waals surface area contributed by atoms with Gasteiger partial charge in [-0.2, -0.15) is 0 Å². The zero-order valence-electron chi connectivity index (χ0n) is 23.5. The maximum Gasteiger partial charge on any atom is 0.264 e. The number of ether oxygens (including phenoxy) is 1. The molecule has 0 heterocycles. The number of anilines is 1. The summed E-state index contributed by atoms with van der Waals surface area (Å²) >= 11 is 0. The molecule has 0 unspecified atom stereocenters. The average molecular weight is 582 g/mol. The zero-order chi connectivity index (χ0) is 29.6. The highest BCUT2D eigenvalue weighted by molar-refractivity contribution is 7.92. The smallest absolute Gasteiger partial charge is 0.264 e. The van der Waals surface area contributed by atoms with Gasteiger partial charge < -0.3 is 15.0 Å². The first kappa shape index (κ1) is 30.0. The van der Waals surface area contributed by atoms with E-state index in [2.05, 4.69) is 5.32 Å². The minimum atomic E-state index is -4.18. The number of halogens is 1. The number of amides is 2. The van der Waals surface area contributed by atoms with Crippen LogP contribution in [0.3, 0.4) is 0 Å². The zero-order valence-corrected chi connectivity index (χ0v) is 24.4. The Morgan fingerprint density at radius 2 is 1.59 bits per heavy atom. The lowest BCUT2D eigenvalue weighted by Crippen LogP contribution is -2.52. The minimum absolute atomic E-state index is 0.00267. The second-order valence-electron chi connectivity index (χ2n) is 10.3. The van der Waals surface area contributed by atoms with Crippen LogP contribution >= 0.6 is 0 Å². The van der Waals surface area contributed by atoms with E-state index in [1.807, 2.05) is 6.92 Å². The Hall–Kier alpha value is -3.92. The van der Waals surface area contributed by atoms with Crippen LogP contribution in [0.1, 0.15) is 43.7 Å². The van der Waals surface area contributed by atoms with Gasteiger partial charge in [0.15, 0.2) is 0 Å². The van der Waals surface area contributed by atoms with Crippen LogP contribution in [0.4, 0.5) is 10.1 Å². The largest absolute Gasteiger partial charge is 0.497 e. The van der Waals surface area contributed by atoms with Crippen LogP contribution in [0.5, 0.6) is 5.75 Å². The standard InChI is InChI=1S/C31H36FN3O5S/c1-22-8-14-27(15-9-22)35(41(38,39)29-18-16-28(40-3)17-19-29)21-30(36)34(20-24-10-12-25(32)13-11-24)23(2)31(37)33-26-6-4-5-7-26/h8-19,23,26H,4-7,20-21H2,1-3H3,(H,33,37)/t23-/m1/s1. The van der Waals surface area contributed by atoms with Gasteiger partial charge in [0.2, 0.25) is 11.8 Å². The summed E-state index contributed by atoms with van der Waals surface area (Å²) in [4.78, 5) is 28.6. The SMILES string of the molecule is COc1ccc(S(=O)(=O)N(CC(=O)N(Cc2ccc(F)cc2)[C@H](C)C(=O)NC2CCCC2)c2ccc(C)cc2)cc1. The molecular weight excluding hydrogens is 545 g/mol. The summed E-state index contributed by atoms with van der Waals surface area (Å²) in [6.07, 6.45) is 3.83. The van der Waals surface area contributed by atoms with Gasteiger partial charge in [0.25, 0.3) is 10.0 Å². The molecule has 10 heteroatoms. The van der Waals surface area contributed by atoms with Gasteiger partial charge in [-0.15, -0.1) is 0 Å². The molecule has 1 aliphatic rings. The van der Waals surface area contributed by atoms with E-state index in [4.69, 9.17) is 4.74 Å². The van der Waals surface area contributed by atoms with Crippen molar-refractivity contribution in [2.24, 2.45) is 0 Å². The molecule has 1 fully saturated rings. The lowest BCUT2D eigenvalue weighted by Gasteiger charge is -2.32. The van der Waals surface area contributed by atoms with Crippen molar-refractivity contribution in [1.82, 2.24) is 10.2 Å². The number of hydrogen-bond donors (Lipinski definition) is 1. The highest BCUT2D eigenvalue weighted by Gasteiger charge is 2.33. The summed E-state index contributed by atoms with van der Waals surface area (Å²) < 4.78 is 47.6. The van der Waals surface area contributed by atoms with Crippen LogP contribution in [0, 0.1) is 12.7 Å². The summed E-state index contributed by atoms with van der Waals surface area (Å²) in [5.74, 6) is -0.808. The molecular formula is C31H36FN3O5S. The average Bonchev–Trinajstić information content (AvgIpc) is 3.48. The fourth-order valence-corrected chi connectivity index (χ4v) is 6.29. The number of nitrogens with one attached hydrogen (secondary N) is 1. The van der Waals surface area contributed by atoms with Crippen molar-refractivity contribution in [3.8, 4) is 5.75 Å². The fourth-order valence-electron chi connectivity index (χ4n) is 4.88. The molecule has 1 aliphatic carbocycles. The second-order valence-corrected chi connectivity index (χ2v) is 12.2. The molecule has 8 nitrogen and oxygen atoms in total. The molecule has 3 aromatic rings. The summed E-state index contributed by atoms with van der Waals surface area (Å²) in [7, 11) is -2.70. The van der Waals surface area contributed by atoms with E-state index in [-0.39, 0.29) is 23.4 Å². The van der Waals surface area contributed by atoms with E-state index in [1.54, 1.807) is 43.3 Å². The van der Waals surface area contributed by atoms with Crippen LogP contribution in [0.25, 0.3) is 0 Å². The minimum Gasteiger partial charge on any atom is -0.497 e. The molecule has 4 rings (SSSR count). The Labute approximate surface area is 241 Å². The molecule has 0 radical (unpaired) electrons. The summed E-state index contributed by atoms with van der Waals surface area (Å²) in [5.41, 5.74) is 1.85. The van der Waals surface area contributed by atoms with Gasteiger partial charge >= 0.3 is 0 Å². The first-order valence-corrected chi connectivity index (χ1v) is 15.1. The molecule has 2 amide bonds. The van der Waals surface area contributed by atoms with E-state index in [9.17, 15) is 22.4 Å². The maximum atomic E-state index is 14.0. The Kier molecular flexibility index (Phi) is 9.65. The number of benzene rings is 3.